The van der Waals surface area contributed by atoms with E-state index < -0.39 is 5.92 Å². The van der Waals surface area contributed by atoms with Crippen LogP contribution in [0.4, 0.5) is 0 Å². The van der Waals surface area contributed by atoms with Crippen LogP contribution in [-0.2, 0) is 9.53 Å². The molecule has 1 aromatic rings. The molecule has 1 unspecified atom stereocenters. The van der Waals surface area contributed by atoms with Crippen molar-refractivity contribution in [1.29, 1.82) is 5.26 Å². The molecule has 0 radical (unpaired) electrons. The fourth-order valence-electron chi connectivity index (χ4n) is 1.57. The van der Waals surface area contributed by atoms with E-state index in [2.05, 4.69) is 6.07 Å². The highest BCUT2D eigenvalue weighted by atomic mass is 16.5. The quantitative estimate of drug-likeness (QED) is 0.732. The van der Waals surface area contributed by atoms with Gasteiger partial charge in [0.15, 0.2) is 0 Å². The molecule has 1 aromatic carbocycles. The summed E-state index contributed by atoms with van der Waals surface area (Å²) in [6.07, 6.45) is 0.0463. The standard InChI is InChI=1S/C13H15NO3/c1-3-17-13(15)8-10(9-14)11-6-4-5-7-12(11)16-2/h4-7,10H,3,8H2,1-2H3. The van der Waals surface area contributed by atoms with Gasteiger partial charge in [0.1, 0.15) is 5.75 Å². The Morgan fingerprint density at radius 3 is 2.76 bits per heavy atom. The normalized spacial score (nSPS) is 11.4. The highest BCUT2D eigenvalue weighted by Crippen LogP contribution is 2.28. The number of methoxy groups -OCH3 is 1. The van der Waals surface area contributed by atoms with E-state index in [0.717, 1.165) is 0 Å². The van der Waals surface area contributed by atoms with Crippen molar-refractivity contribution in [3.8, 4) is 11.8 Å². The summed E-state index contributed by atoms with van der Waals surface area (Å²) in [7, 11) is 1.54. The van der Waals surface area contributed by atoms with E-state index in [4.69, 9.17) is 14.7 Å². The minimum Gasteiger partial charge on any atom is -0.496 e. The van der Waals surface area contributed by atoms with Crippen molar-refractivity contribution in [3.63, 3.8) is 0 Å². The number of rotatable bonds is 5. The molecule has 0 saturated heterocycles. The molecule has 4 heteroatoms. The number of esters is 1. The fourth-order valence-corrected chi connectivity index (χ4v) is 1.57. The van der Waals surface area contributed by atoms with Gasteiger partial charge in [-0.3, -0.25) is 4.79 Å². The molecule has 4 nitrogen and oxygen atoms in total. The molecule has 0 heterocycles. The number of carbonyl (C=O) groups excluding carboxylic acids is 1. The van der Waals surface area contributed by atoms with Crippen LogP contribution >= 0.6 is 0 Å². The topological polar surface area (TPSA) is 59.3 Å². The van der Waals surface area contributed by atoms with Crippen molar-refractivity contribution >= 4 is 5.97 Å². The van der Waals surface area contributed by atoms with Gasteiger partial charge in [0.05, 0.1) is 32.1 Å². The third-order valence-corrected chi connectivity index (χ3v) is 2.35. The van der Waals surface area contributed by atoms with Crippen LogP contribution in [0.15, 0.2) is 24.3 Å². The number of para-hydroxylation sites is 1. The van der Waals surface area contributed by atoms with Gasteiger partial charge in [-0.15, -0.1) is 0 Å². The summed E-state index contributed by atoms with van der Waals surface area (Å²) in [5, 5.41) is 9.10. The molecule has 0 aromatic heterocycles. The SMILES string of the molecule is CCOC(=O)CC(C#N)c1ccccc1OC. The van der Waals surface area contributed by atoms with Gasteiger partial charge in [0.2, 0.25) is 0 Å². The maximum absolute atomic E-state index is 11.4. The minimum atomic E-state index is -0.537. The Balaban J connectivity index is 2.87. The zero-order chi connectivity index (χ0) is 12.7. The molecule has 17 heavy (non-hydrogen) atoms. The van der Waals surface area contributed by atoms with Gasteiger partial charge in [-0.2, -0.15) is 5.26 Å². The molecular formula is C13H15NO3. The predicted octanol–water partition coefficient (Wildman–Crippen LogP) is 2.26. The van der Waals surface area contributed by atoms with E-state index in [1.165, 1.54) is 7.11 Å². The summed E-state index contributed by atoms with van der Waals surface area (Å²) >= 11 is 0. The van der Waals surface area contributed by atoms with E-state index >= 15 is 0 Å². The number of nitrogens with zero attached hydrogens (tertiary/aromatic N) is 1. The summed E-state index contributed by atoms with van der Waals surface area (Å²) in [5.74, 6) is -0.293. The lowest BCUT2D eigenvalue weighted by atomic mass is 9.96. The lowest BCUT2D eigenvalue weighted by Crippen LogP contribution is -2.10. The average molecular weight is 233 g/mol. The lowest BCUT2D eigenvalue weighted by molar-refractivity contribution is -0.143. The van der Waals surface area contributed by atoms with Crippen molar-refractivity contribution in [2.24, 2.45) is 0 Å². The first kappa shape index (κ1) is 13.0. The Morgan fingerprint density at radius 1 is 1.47 bits per heavy atom. The van der Waals surface area contributed by atoms with Gasteiger partial charge < -0.3 is 9.47 Å². The molecule has 0 fully saturated rings. The molecule has 0 saturated carbocycles. The number of carbonyl (C=O) groups is 1. The summed E-state index contributed by atoms with van der Waals surface area (Å²) < 4.78 is 10.0. The van der Waals surface area contributed by atoms with E-state index in [0.29, 0.717) is 17.9 Å². The van der Waals surface area contributed by atoms with Crippen molar-refractivity contribution in [1.82, 2.24) is 0 Å². The second kappa shape index (κ2) is 6.54. The highest BCUT2D eigenvalue weighted by Gasteiger charge is 2.19. The first-order valence-corrected chi connectivity index (χ1v) is 5.41. The monoisotopic (exact) mass is 233 g/mol. The summed E-state index contributed by atoms with van der Waals surface area (Å²) in [6, 6.07) is 9.29. The molecule has 1 rings (SSSR count). The number of hydrogen-bond acceptors (Lipinski definition) is 4. The van der Waals surface area contributed by atoms with E-state index in [1.807, 2.05) is 12.1 Å². The third kappa shape index (κ3) is 3.49. The number of hydrogen-bond donors (Lipinski definition) is 0. The van der Waals surface area contributed by atoms with Crippen molar-refractivity contribution in [3.05, 3.63) is 29.8 Å². The van der Waals surface area contributed by atoms with Crippen LogP contribution in [-0.4, -0.2) is 19.7 Å². The maximum atomic E-state index is 11.4. The average Bonchev–Trinajstić information content (AvgIpc) is 2.36. The number of ether oxygens (including phenoxy) is 2. The molecule has 0 bridgehead atoms. The zero-order valence-electron chi connectivity index (χ0n) is 9.97. The molecule has 0 N–H and O–H groups in total. The Labute approximate surface area is 101 Å². The molecule has 0 spiro atoms. The van der Waals surface area contributed by atoms with E-state index in [9.17, 15) is 4.79 Å². The van der Waals surface area contributed by atoms with Crippen molar-refractivity contribution in [2.75, 3.05) is 13.7 Å². The molecule has 0 aliphatic rings. The van der Waals surface area contributed by atoms with Gasteiger partial charge in [0.25, 0.3) is 0 Å². The van der Waals surface area contributed by atoms with Gasteiger partial charge >= 0.3 is 5.97 Å². The van der Waals surface area contributed by atoms with Crippen molar-refractivity contribution in [2.45, 2.75) is 19.3 Å². The van der Waals surface area contributed by atoms with E-state index in [1.54, 1.807) is 19.1 Å². The Morgan fingerprint density at radius 2 is 2.18 bits per heavy atom. The molecule has 0 aliphatic heterocycles. The maximum Gasteiger partial charge on any atom is 0.307 e. The van der Waals surface area contributed by atoms with Gasteiger partial charge in [0, 0.05) is 5.56 Å². The molecular weight excluding hydrogens is 218 g/mol. The van der Waals surface area contributed by atoms with Crippen LogP contribution in [0.2, 0.25) is 0 Å². The van der Waals surface area contributed by atoms with Crippen LogP contribution in [0.25, 0.3) is 0 Å². The van der Waals surface area contributed by atoms with Crippen molar-refractivity contribution < 1.29 is 14.3 Å². The van der Waals surface area contributed by atoms with Crippen LogP contribution in [0.5, 0.6) is 5.75 Å². The largest absolute Gasteiger partial charge is 0.496 e. The Hall–Kier alpha value is -2.02. The van der Waals surface area contributed by atoms with Crippen LogP contribution < -0.4 is 4.74 Å². The van der Waals surface area contributed by atoms with Crippen LogP contribution in [0, 0.1) is 11.3 Å². The Bertz CT molecular complexity index is 423. The molecule has 0 amide bonds. The molecule has 90 valence electrons. The number of benzene rings is 1. The summed E-state index contributed by atoms with van der Waals surface area (Å²) in [6.45, 7) is 2.06. The minimum absolute atomic E-state index is 0.0463. The van der Waals surface area contributed by atoms with Gasteiger partial charge in [-0.05, 0) is 13.0 Å². The fraction of sp³-hybridized carbons (Fsp3) is 0.385. The molecule has 0 aliphatic carbocycles. The highest BCUT2D eigenvalue weighted by molar-refractivity contribution is 5.71. The van der Waals surface area contributed by atoms with Crippen LogP contribution in [0.3, 0.4) is 0 Å². The zero-order valence-corrected chi connectivity index (χ0v) is 9.97. The summed E-state index contributed by atoms with van der Waals surface area (Å²) in [4.78, 5) is 11.4. The smallest absolute Gasteiger partial charge is 0.307 e. The lowest BCUT2D eigenvalue weighted by Gasteiger charge is -2.12. The number of nitriles is 1. The molecule has 1 atom stereocenters. The van der Waals surface area contributed by atoms with Crippen LogP contribution in [0.1, 0.15) is 24.8 Å². The van der Waals surface area contributed by atoms with Gasteiger partial charge in [-0.25, -0.2) is 0 Å². The summed E-state index contributed by atoms with van der Waals surface area (Å²) in [5.41, 5.74) is 0.713. The predicted molar refractivity (Wildman–Crippen MR) is 62.6 cm³/mol. The van der Waals surface area contributed by atoms with E-state index in [-0.39, 0.29) is 12.4 Å². The Kier molecular flexibility index (Phi) is 5.02. The van der Waals surface area contributed by atoms with Gasteiger partial charge in [-0.1, -0.05) is 18.2 Å². The first-order valence-electron chi connectivity index (χ1n) is 5.41. The second-order valence-electron chi connectivity index (χ2n) is 3.43. The first-order chi connectivity index (χ1) is 8.22. The second-order valence-corrected chi connectivity index (χ2v) is 3.43. The third-order valence-electron chi connectivity index (χ3n) is 2.35.